The van der Waals surface area contributed by atoms with Crippen molar-refractivity contribution in [2.45, 2.75) is 31.3 Å². The van der Waals surface area contributed by atoms with E-state index in [0.717, 1.165) is 31.7 Å². The third-order valence-electron chi connectivity index (χ3n) is 3.65. The molecule has 0 aliphatic carbocycles. The van der Waals surface area contributed by atoms with Crippen LogP contribution in [0.25, 0.3) is 0 Å². The Kier molecular flexibility index (Phi) is 5.35. The number of likely N-dealkylation sites (tertiary alicyclic amines) is 1. The molecular weight excluding hydrogens is 274 g/mol. The maximum Gasteiger partial charge on any atom is 0.305 e. The van der Waals surface area contributed by atoms with Gasteiger partial charge in [0.2, 0.25) is 5.91 Å². The highest BCUT2D eigenvalue weighted by Gasteiger charge is 2.27. The zero-order chi connectivity index (χ0) is 15.2. The van der Waals surface area contributed by atoms with E-state index >= 15 is 0 Å². The minimum atomic E-state index is -1.08. The quantitative estimate of drug-likeness (QED) is 0.669. The summed E-state index contributed by atoms with van der Waals surface area (Å²) in [6, 6.07) is 2.63. The van der Waals surface area contributed by atoms with Crippen molar-refractivity contribution in [2.24, 2.45) is 5.73 Å². The van der Waals surface area contributed by atoms with Crippen molar-refractivity contribution in [3.8, 4) is 0 Å². The van der Waals surface area contributed by atoms with Gasteiger partial charge in [0.15, 0.2) is 0 Å². The van der Waals surface area contributed by atoms with E-state index in [9.17, 15) is 9.59 Å². The van der Waals surface area contributed by atoms with E-state index < -0.39 is 17.9 Å². The number of nitrogens with two attached hydrogens (primary N) is 1. The highest BCUT2D eigenvalue weighted by atomic mass is 16.4. The molecule has 0 bridgehead atoms. The molecule has 2 unspecified atom stereocenters. The van der Waals surface area contributed by atoms with E-state index in [1.165, 1.54) is 0 Å². The van der Waals surface area contributed by atoms with E-state index in [1.807, 2.05) is 12.1 Å². The first-order valence-electron chi connectivity index (χ1n) is 7.10. The molecular formula is C14H21N3O4. The molecule has 4 N–H and O–H groups in total. The fourth-order valence-electron chi connectivity index (χ4n) is 2.55. The van der Waals surface area contributed by atoms with Crippen LogP contribution in [-0.2, 0) is 9.59 Å². The van der Waals surface area contributed by atoms with Crippen LogP contribution in [0.4, 0.5) is 0 Å². The van der Waals surface area contributed by atoms with Gasteiger partial charge in [-0.15, -0.1) is 0 Å². The van der Waals surface area contributed by atoms with Gasteiger partial charge in [-0.05, 0) is 38.1 Å². The Bertz CT molecular complexity index is 469. The average molecular weight is 295 g/mol. The van der Waals surface area contributed by atoms with Crippen molar-refractivity contribution in [1.29, 1.82) is 0 Å². The largest absolute Gasteiger partial charge is 0.481 e. The third-order valence-corrected chi connectivity index (χ3v) is 3.65. The highest BCUT2D eigenvalue weighted by molar-refractivity contribution is 5.85. The van der Waals surface area contributed by atoms with Crippen molar-refractivity contribution in [3.63, 3.8) is 0 Å². The summed E-state index contributed by atoms with van der Waals surface area (Å²) in [6.45, 7) is 2.28. The van der Waals surface area contributed by atoms with Gasteiger partial charge < -0.3 is 20.6 Å². The maximum atomic E-state index is 11.8. The number of carboxylic acids is 1. The summed E-state index contributed by atoms with van der Waals surface area (Å²) in [6.07, 6.45) is 3.49. The Morgan fingerprint density at radius 3 is 2.71 bits per heavy atom. The molecule has 0 aromatic carbocycles. The Morgan fingerprint density at radius 1 is 1.43 bits per heavy atom. The number of hydrogen-bond donors (Lipinski definition) is 3. The second-order valence-corrected chi connectivity index (χ2v) is 5.22. The third kappa shape index (κ3) is 4.30. The lowest BCUT2D eigenvalue weighted by Gasteiger charge is -2.26. The summed E-state index contributed by atoms with van der Waals surface area (Å²) in [5.74, 6) is -0.739. The summed E-state index contributed by atoms with van der Waals surface area (Å²) < 4.78 is 5.45. The van der Waals surface area contributed by atoms with Crippen LogP contribution in [0.15, 0.2) is 22.8 Å². The van der Waals surface area contributed by atoms with Crippen LogP contribution in [0.1, 0.15) is 31.1 Å². The van der Waals surface area contributed by atoms with Gasteiger partial charge in [0.25, 0.3) is 0 Å². The molecule has 116 valence electrons. The molecule has 2 heterocycles. The molecule has 2 rings (SSSR count). The number of carbonyl (C=O) groups excluding carboxylic acids is 1. The zero-order valence-corrected chi connectivity index (χ0v) is 11.8. The second-order valence-electron chi connectivity index (χ2n) is 5.22. The molecule has 1 aromatic heterocycles. The number of nitrogens with one attached hydrogen (secondary N) is 1. The minimum Gasteiger partial charge on any atom is -0.481 e. The first kappa shape index (κ1) is 15.5. The number of carboxylic acid groups (broad SMARTS) is 1. The Balaban J connectivity index is 1.93. The van der Waals surface area contributed by atoms with E-state index in [4.69, 9.17) is 15.3 Å². The smallest absolute Gasteiger partial charge is 0.305 e. The molecule has 1 amide bonds. The van der Waals surface area contributed by atoms with Crippen molar-refractivity contribution < 1.29 is 19.1 Å². The molecule has 1 aliphatic heterocycles. The number of nitrogens with zero attached hydrogens (tertiary/aromatic N) is 1. The topological polar surface area (TPSA) is 109 Å². The first-order valence-corrected chi connectivity index (χ1v) is 7.10. The zero-order valence-electron chi connectivity index (χ0n) is 11.8. The van der Waals surface area contributed by atoms with Crippen LogP contribution in [0.2, 0.25) is 0 Å². The standard InChI is InChI=1S/C14H21N3O4/c15-10(8-13(18)19)14(20)16-9-11(12-4-3-7-21-12)17-5-1-2-6-17/h3-4,7,10-11H,1-2,5-6,8-9,15H2,(H,16,20)(H,18,19). The van der Waals surface area contributed by atoms with Gasteiger partial charge in [-0.2, -0.15) is 0 Å². The number of hydrogen-bond acceptors (Lipinski definition) is 5. The van der Waals surface area contributed by atoms with Gasteiger partial charge in [-0.25, -0.2) is 0 Å². The monoisotopic (exact) mass is 295 g/mol. The number of carbonyl (C=O) groups is 2. The van der Waals surface area contributed by atoms with Gasteiger partial charge in [0.1, 0.15) is 5.76 Å². The van der Waals surface area contributed by atoms with Crippen LogP contribution in [0.3, 0.4) is 0 Å². The van der Waals surface area contributed by atoms with Gasteiger partial charge in [-0.3, -0.25) is 14.5 Å². The molecule has 1 fully saturated rings. The van der Waals surface area contributed by atoms with Gasteiger partial charge in [-0.1, -0.05) is 0 Å². The summed E-state index contributed by atoms with van der Waals surface area (Å²) >= 11 is 0. The lowest BCUT2D eigenvalue weighted by molar-refractivity contribution is -0.139. The average Bonchev–Trinajstić information content (AvgIpc) is 3.11. The normalized spacial score (nSPS) is 18.3. The molecule has 7 nitrogen and oxygen atoms in total. The predicted octanol–water partition coefficient (Wildman–Crippen LogP) is 0.335. The number of amides is 1. The van der Waals surface area contributed by atoms with Crippen LogP contribution < -0.4 is 11.1 Å². The van der Waals surface area contributed by atoms with Crippen LogP contribution in [-0.4, -0.2) is 47.6 Å². The number of rotatable bonds is 7. The second kappa shape index (κ2) is 7.24. The molecule has 1 saturated heterocycles. The summed E-state index contributed by atoms with van der Waals surface area (Å²) in [5.41, 5.74) is 5.55. The molecule has 0 saturated carbocycles. The van der Waals surface area contributed by atoms with Crippen LogP contribution in [0.5, 0.6) is 0 Å². The van der Waals surface area contributed by atoms with Crippen LogP contribution in [0, 0.1) is 0 Å². The molecule has 1 aliphatic rings. The van der Waals surface area contributed by atoms with Crippen molar-refractivity contribution in [3.05, 3.63) is 24.2 Å². The van der Waals surface area contributed by atoms with E-state index in [2.05, 4.69) is 10.2 Å². The van der Waals surface area contributed by atoms with Crippen molar-refractivity contribution in [1.82, 2.24) is 10.2 Å². The first-order chi connectivity index (χ1) is 10.1. The van der Waals surface area contributed by atoms with E-state index in [-0.39, 0.29) is 12.5 Å². The fourth-order valence-corrected chi connectivity index (χ4v) is 2.55. The summed E-state index contributed by atoms with van der Waals surface area (Å²) in [5, 5.41) is 11.4. The van der Waals surface area contributed by atoms with Gasteiger partial charge in [0, 0.05) is 6.54 Å². The Morgan fingerprint density at radius 2 is 2.14 bits per heavy atom. The Hall–Kier alpha value is -1.86. The lowest BCUT2D eigenvalue weighted by Crippen LogP contribution is -2.45. The molecule has 0 spiro atoms. The minimum absolute atomic E-state index is 0.0384. The number of aliphatic carboxylic acids is 1. The van der Waals surface area contributed by atoms with Gasteiger partial charge >= 0.3 is 5.97 Å². The summed E-state index contributed by atoms with van der Waals surface area (Å²) in [7, 11) is 0. The molecule has 21 heavy (non-hydrogen) atoms. The van der Waals surface area contributed by atoms with Crippen molar-refractivity contribution in [2.75, 3.05) is 19.6 Å². The Labute approximate surface area is 123 Å². The lowest BCUT2D eigenvalue weighted by atomic mass is 10.1. The number of furan rings is 1. The molecule has 2 atom stereocenters. The van der Waals surface area contributed by atoms with Crippen LogP contribution >= 0.6 is 0 Å². The maximum absolute atomic E-state index is 11.8. The summed E-state index contributed by atoms with van der Waals surface area (Å²) in [4.78, 5) is 24.6. The molecule has 1 aromatic rings. The van der Waals surface area contributed by atoms with Crippen molar-refractivity contribution >= 4 is 11.9 Å². The molecule has 7 heteroatoms. The predicted molar refractivity (Wildman–Crippen MR) is 75.5 cm³/mol. The van der Waals surface area contributed by atoms with Gasteiger partial charge in [0.05, 0.1) is 24.8 Å². The highest BCUT2D eigenvalue weighted by Crippen LogP contribution is 2.24. The van der Waals surface area contributed by atoms with E-state index in [0.29, 0.717) is 6.54 Å². The van der Waals surface area contributed by atoms with E-state index in [1.54, 1.807) is 6.26 Å². The molecule has 0 radical (unpaired) electrons. The SMILES string of the molecule is NC(CC(=O)O)C(=O)NCC(c1ccco1)N1CCCC1. The fraction of sp³-hybridized carbons (Fsp3) is 0.571.